The van der Waals surface area contributed by atoms with E-state index < -0.39 is 53.4 Å². The van der Waals surface area contributed by atoms with Gasteiger partial charge in [0.05, 0.1) is 18.2 Å². The molecule has 2 fully saturated rings. The summed E-state index contributed by atoms with van der Waals surface area (Å²) in [6.07, 6.45) is -5.86. The van der Waals surface area contributed by atoms with Crippen LogP contribution in [-0.4, -0.2) is 41.3 Å². The van der Waals surface area contributed by atoms with Gasteiger partial charge in [0.1, 0.15) is 23.6 Å². The number of nitrogens with one attached hydrogen (secondary N) is 1. The summed E-state index contributed by atoms with van der Waals surface area (Å²) in [6.45, 7) is 4.61. The second-order valence-corrected chi connectivity index (χ2v) is 9.04. The van der Waals surface area contributed by atoms with E-state index in [2.05, 4.69) is 5.32 Å². The van der Waals surface area contributed by atoms with Crippen LogP contribution in [0, 0.1) is 11.7 Å². The maximum Gasteiger partial charge on any atom is 0.416 e. The lowest BCUT2D eigenvalue weighted by atomic mass is 9.99. The molecule has 2 aliphatic rings. The van der Waals surface area contributed by atoms with Gasteiger partial charge >= 0.3 is 12.3 Å². The van der Waals surface area contributed by atoms with Crippen LogP contribution >= 0.6 is 0 Å². The number of nitrogens with zero attached hydrogens (tertiary/aromatic N) is 1. The van der Waals surface area contributed by atoms with Crippen LogP contribution in [-0.2, 0) is 15.7 Å². The number of ether oxygens (including phenoxy) is 1. The Hall–Kier alpha value is -2.39. The van der Waals surface area contributed by atoms with Crippen LogP contribution in [0.25, 0.3) is 0 Å². The van der Waals surface area contributed by atoms with E-state index in [-0.39, 0.29) is 24.4 Å². The van der Waals surface area contributed by atoms with Crippen molar-refractivity contribution in [3.63, 3.8) is 0 Å². The van der Waals surface area contributed by atoms with Gasteiger partial charge in [-0.3, -0.25) is 9.69 Å². The van der Waals surface area contributed by atoms with E-state index in [1.807, 2.05) is 0 Å². The first kappa shape index (κ1) is 23.3. The minimum absolute atomic E-state index is 0.0672. The van der Waals surface area contributed by atoms with E-state index in [9.17, 15) is 31.5 Å². The lowest BCUT2D eigenvalue weighted by Gasteiger charge is -2.29. The Balaban J connectivity index is 1.79. The number of alkyl halides is 4. The van der Waals surface area contributed by atoms with Crippen molar-refractivity contribution >= 4 is 12.0 Å². The molecule has 1 heterocycles. The van der Waals surface area contributed by atoms with Crippen LogP contribution in [0.15, 0.2) is 18.2 Å². The molecule has 172 valence electrons. The smallest absolute Gasteiger partial charge is 0.416 e. The van der Waals surface area contributed by atoms with Crippen LogP contribution in [0.2, 0.25) is 0 Å². The molecule has 31 heavy (non-hydrogen) atoms. The summed E-state index contributed by atoms with van der Waals surface area (Å²) in [7, 11) is 0. The summed E-state index contributed by atoms with van der Waals surface area (Å²) < 4.78 is 72.3. The Kier molecular flexibility index (Phi) is 6.21. The Labute approximate surface area is 176 Å². The first-order chi connectivity index (χ1) is 14.3. The van der Waals surface area contributed by atoms with Crippen molar-refractivity contribution in [3.8, 4) is 0 Å². The van der Waals surface area contributed by atoms with Crippen molar-refractivity contribution < 1.29 is 36.3 Å². The number of carbonyl (C=O) groups excluding carboxylic acids is 2. The third kappa shape index (κ3) is 5.65. The number of rotatable bonds is 4. The Morgan fingerprint density at radius 1 is 1.19 bits per heavy atom. The van der Waals surface area contributed by atoms with Gasteiger partial charge in [0.2, 0.25) is 5.91 Å². The quantitative estimate of drug-likeness (QED) is 0.676. The van der Waals surface area contributed by atoms with E-state index >= 15 is 0 Å². The maximum absolute atomic E-state index is 14.5. The molecule has 1 aromatic carbocycles. The van der Waals surface area contributed by atoms with E-state index in [4.69, 9.17) is 4.74 Å². The molecular weight excluding hydrogens is 423 g/mol. The van der Waals surface area contributed by atoms with Crippen LogP contribution < -0.4 is 5.32 Å². The minimum atomic E-state index is -4.69. The van der Waals surface area contributed by atoms with Crippen LogP contribution in [0.1, 0.15) is 57.2 Å². The largest absolute Gasteiger partial charge is 0.444 e. The van der Waals surface area contributed by atoms with Crippen LogP contribution in [0.3, 0.4) is 0 Å². The fourth-order valence-electron chi connectivity index (χ4n) is 3.64. The molecule has 5 nitrogen and oxygen atoms in total. The number of hydrogen-bond acceptors (Lipinski definition) is 3. The number of likely N-dealkylation sites (tertiary alicyclic amines) is 1. The third-order valence-electron chi connectivity index (χ3n) is 5.23. The van der Waals surface area contributed by atoms with Gasteiger partial charge in [-0.05, 0) is 51.7 Å². The first-order valence-corrected chi connectivity index (χ1v) is 10.1. The molecule has 1 N–H and O–H groups in total. The highest BCUT2D eigenvalue weighted by Crippen LogP contribution is 2.43. The van der Waals surface area contributed by atoms with E-state index in [0.717, 1.165) is 17.0 Å². The topological polar surface area (TPSA) is 58.6 Å². The number of halogens is 5. The molecule has 1 saturated heterocycles. The second-order valence-electron chi connectivity index (χ2n) is 9.04. The SMILES string of the molecule is CC(C)(C)OC(=O)N1C[C@@H](F)C[C@@H]1C(=O)N[C@@H](c1ccc(C(F)(F)F)cc1F)C1CC1. The summed E-state index contributed by atoms with van der Waals surface area (Å²) in [5.41, 5.74) is -2.03. The highest BCUT2D eigenvalue weighted by Gasteiger charge is 2.44. The molecule has 10 heteroatoms. The molecule has 3 rings (SSSR count). The number of carbonyl (C=O) groups is 2. The lowest BCUT2D eigenvalue weighted by molar-refractivity contribution is -0.137. The normalized spacial score (nSPS) is 22.9. The van der Waals surface area contributed by atoms with Crippen molar-refractivity contribution in [1.82, 2.24) is 10.2 Å². The Morgan fingerprint density at radius 3 is 2.35 bits per heavy atom. The first-order valence-electron chi connectivity index (χ1n) is 10.1. The minimum Gasteiger partial charge on any atom is -0.444 e. The number of hydrogen-bond donors (Lipinski definition) is 1. The van der Waals surface area contributed by atoms with Gasteiger partial charge in [-0.15, -0.1) is 0 Å². The predicted octanol–water partition coefficient (Wildman–Crippen LogP) is 4.76. The number of amides is 2. The fourth-order valence-corrected chi connectivity index (χ4v) is 3.64. The Bertz CT molecular complexity index is 848. The lowest BCUT2D eigenvalue weighted by Crippen LogP contribution is -2.48. The second kappa shape index (κ2) is 8.27. The van der Waals surface area contributed by atoms with Crippen LogP contribution in [0.5, 0.6) is 0 Å². The summed E-state index contributed by atoms with van der Waals surface area (Å²) >= 11 is 0. The predicted molar refractivity (Wildman–Crippen MR) is 101 cm³/mol. The zero-order chi connectivity index (χ0) is 23.1. The molecule has 0 aromatic heterocycles. The molecule has 0 spiro atoms. The van der Waals surface area contributed by atoms with Gasteiger partial charge in [-0.1, -0.05) is 6.07 Å². The van der Waals surface area contributed by atoms with E-state index in [1.54, 1.807) is 20.8 Å². The van der Waals surface area contributed by atoms with Crippen molar-refractivity contribution in [1.29, 1.82) is 0 Å². The van der Waals surface area contributed by atoms with Gasteiger partial charge in [0, 0.05) is 12.0 Å². The van der Waals surface area contributed by atoms with Crippen molar-refractivity contribution in [3.05, 3.63) is 35.1 Å². The zero-order valence-corrected chi connectivity index (χ0v) is 17.4. The molecular formula is C21H25F5N2O3. The van der Waals surface area contributed by atoms with Crippen LogP contribution in [0.4, 0.5) is 26.7 Å². The summed E-state index contributed by atoms with van der Waals surface area (Å²) in [4.78, 5) is 26.3. The van der Waals surface area contributed by atoms with Gasteiger partial charge < -0.3 is 10.1 Å². The maximum atomic E-state index is 14.5. The molecule has 0 radical (unpaired) electrons. The molecule has 1 saturated carbocycles. The van der Waals surface area contributed by atoms with Gasteiger partial charge in [0.15, 0.2) is 0 Å². The fraction of sp³-hybridized carbons (Fsp3) is 0.619. The summed E-state index contributed by atoms with van der Waals surface area (Å²) in [5, 5.41) is 2.63. The average molecular weight is 448 g/mol. The average Bonchev–Trinajstić information content (AvgIpc) is 3.38. The Morgan fingerprint density at radius 2 is 1.84 bits per heavy atom. The molecule has 3 atom stereocenters. The monoisotopic (exact) mass is 448 g/mol. The highest BCUT2D eigenvalue weighted by atomic mass is 19.4. The molecule has 2 amide bonds. The van der Waals surface area contributed by atoms with Gasteiger partial charge in [0.25, 0.3) is 0 Å². The standard InChI is InChI=1S/C21H25F5N2O3/c1-20(2,3)31-19(30)28-10-13(22)9-16(28)18(29)27-17(11-4-5-11)14-7-6-12(8-15(14)23)21(24,25)26/h6-8,11,13,16-17H,4-5,9-10H2,1-3H3,(H,27,29)/t13-,16+,17+/m0/s1. The van der Waals surface area contributed by atoms with Crippen molar-refractivity contribution in [2.75, 3.05) is 6.54 Å². The third-order valence-corrected chi connectivity index (χ3v) is 5.23. The number of benzene rings is 1. The molecule has 1 aromatic rings. The van der Waals surface area contributed by atoms with E-state index in [1.165, 1.54) is 0 Å². The van der Waals surface area contributed by atoms with Gasteiger partial charge in [-0.2, -0.15) is 13.2 Å². The molecule has 0 bridgehead atoms. The summed E-state index contributed by atoms with van der Waals surface area (Å²) in [5.74, 6) is -1.92. The molecule has 1 aliphatic carbocycles. The van der Waals surface area contributed by atoms with Crippen molar-refractivity contribution in [2.45, 2.75) is 70.1 Å². The molecule has 0 unspecified atom stereocenters. The zero-order valence-electron chi connectivity index (χ0n) is 17.4. The molecule has 1 aliphatic heterocycles. The highest BCUT2D eigenvalue weighted by molar-refractivity contribution is 5.86. The van der Waals surface area contributed by atoms with Crippen molar-refractivity contribution in [2.24, 2.45) is 5.92 Å². The summed E-state index contributed by atoms with van der Waals surface area (Å²) in [6, 6.07) is 0.161. The van der Waals surface area contributed by atoms with Gasteiger partial charge in [-0.25, -0.2) is 13.6 Å². The van der Waals surface area contributed by atoms with E-state index in [0.29, 0.717) is 18.9 Å².